The van der Waals surface area contributed by atoms with E-state index >= 15 is 0 Å². The molecule has 0 aromatic heterocycles. The molecule has 0 unspecified atom stereocenters. The number of rotatable bonds is 6. The summed E-state index contributed by atoms with van der Waals surface area (Å²) in [7, 11) is 3.47. The van der Waals surface area contributed by atoms with Crippen molar-refractivity contribution in [2.24, 2.45) is 0 Å². The minimum Gasteiger partial charge on any atom is -0.497 e. The fourth-order valence-electron chi connectivity index (χ4n) is 2.25. The molecular formula is C19H17I2N3O2. The van der Waals surface area contributed by atoms with Crippen molar-refractivity contribution in [3.63, 3.8) is 0 Å². The first-order chi connectivity index (χ1) is 12.5. The van der Waals surface area contributed by atoms with E-state index in [-0.39, 0.29) is 5.57 Å². The quantitative estimate of drug-likeness (QED) is 0.310. The lowest BCUT2D eigenvalue weighted by atomic mass is 10.1. The first-order valence-electron chi connectivity index (χ1n) is 7.68. The van der Waals surface area contributed by atoms with Gasteiger partial charge in [-0.3, -0.25) is 4.79 Å². The van der Waals surface area contributed by atoms with Crippen molar-refractivity contribution in [1.29, 1.82) is 5.26 Å². The SMILES string of the molecule is CNc1c(I)cc(/C=C(/C#N)C(=O)NCc2ccc(OC)cc2)cc1I. The molecule has 2 rings (SSSR count). The highest BCUT2D eigenvalue weighted by atomic mass is 127. The lowest BCUT2D eigenvalue weighted by molar-refractivity contribution is -0.117. The molecule has 26 heavy (non-hydrogen) atoms. The van der Waals surface area contributed by atoms with Crippen molar-refractivity contribution in [3.8, 4) is 11.8 Å². The van der Waals surface area contributed by atoms with Crippen molar-refractivity contribution in [1.82, 2.24) is 5.32 Å². The molecule has 0 atom stereocenters. The Hall–Kier alpha value is -1.80. The number of benzene rings is 2. The zero-order chi connectivity index (χ0) is 19.1. The average Bonchev–Trinajstić information content (AvgIpc) is 2.64. The van der Waals surface area contributed by atoms with Crippen LogP contribution in [-0.4, -0.2) is 20.1 Å². The van der Waals surface area contributed by atoms with Gasteiger partial charge in [0.05, 0.1) is 12.8 Å². The highest BCUT2D eigenvalue weighted by Crippen LogP contribution is 2.27. The van der Waals surface area contributed by atoms with E-state index in [4.69, 9.17) is 4.74 Å². The van der Waals surface area contributed by atoms with Gasteiger partial charge in [0.25, 0.3) is 5.91 Å². The topological polar surface area (TPSA) is 74.2 Å². The summed E-state index contributed by atoms with van der Waals surface area (Å²) in [6, 6.07) is 13.2. The number of hydrogen-bond donors (Lipinski definition) is 2. The minimum absolute atomic E-state index is 0.0716. The van der Waals surface area contributed by atoms with Crippen LogP contribution in [0.3, 0.4) is 0 Å². The van der Waals surface area contributed by atoms with Crippen molar-refractivity contribution in [2.45, 2.75) is 6.54 Å². The van der Waals surface area contributed by atoms with E-state index in [9.17, 15) is 10.1 Å². The van der Waals surface area contributed by atoms with Crippen LogP contribution in [0.15, 0.2) is 42.0 Å². The maximum absolute atomic E-state index is 12.3. The number of hydrogen-bond acceptors (Lipinski definition) is 4. The monoisotopic (exact) mass is 573 g/mol. The molecule has 0 bridgehead atoms. The normalized spacial score (nSPS) is 10.8. The third-order valence-corrected chi connectivity index (χ3v) is 5.30. The van der Waals surface area contributed by atoms with Gasteiger partial charge in [-0.2, -0.15) is 5.26 Å². The lowest BCUT2D eigenvalue weighted by Gasteiger charge is -2.09. The van der Waals surface area contributed by atoms with Gasteiger partial charge in [0.1, 0.15) is 17.4 Å². The zero-order valence-corrected chi connectivity index (χ0v) is 18.6. The molecule has 0 radical (unpaired) electrons. The van der Waals surface area contributed by atoms with Gasteiger partial charge in [0, 0.05) is 20.7 Å². The molecule has 7 heteroatoms. The highest BCUT2D eigenvalue weighted by molar-refractivity contribution is 14.1. The summed E-state index contributed by atoms with van der Waals surface area (Å²) in [4.78, 5) is 12.3. The standard InChI is InChI=1S/C19H17I2N3O2/c1-23-18-16(20)8-13(9-17(18)21)7-14(10-22)19(25)24-11-12-3-5-15(26-2)6-4-12/h3-9,23H,11H2,1-2H3,(H,24,25)/b14-7-. The molecule has 2 aromatic rings. The fraction of sp³-hybridized carbons (Fsp3) is 0.158. The van der Waals surface area contributed by atoms with Crippen LogP contribution in [0.25, 0.3) is 6.08 Å². The molecule has 0 saturated carbocycles. The summed E-state index contributed by atoms with van der Waals surface area (Å²) < 4.78 is 7.16. The molecule has 0 aliphatic rings. The molecule has 5 nitrogen and oxygen atoms in total. The van der Waals surface area contributed by atoms with Gasteiger partial charge in [-0.05, 0) is 86.7 Å². The van der Waals surface area contributed by atoms with Gasteiger partial charge in [0.15, 0.2) is 0 Å². The van der Waals surface area contributed by atoms with Gasteiger partial charge in [0.2, 0.25) is 0 Å². The molecule has 0 spiro atoms. The molecular weight excluding hydrogens is 556 g/mol. The van der Waals surface area contributed by atoms with Gasteiger partial charge in [-0.25, -0.2) is 0 Å². The van der Waals surface area contributed by atoms with E-state index in [0.29, 0.717) is 6.54 Å². The first-order valence-corrected chi connectivity index (χ1v) is 9.84. The summed E-state index contributed by atoms with van der Waals surface area (Å²) >= 11 is 4.46. The van der Waals surface area contributed by atoms with Crippen LogP contribution in [0, 0.1) is 18.5 Å². The van der Waals surface area contributed by atoms with Crippen LogP contribution in [0.4, 0.5) is 5.69 Å². The first kappa shape index (κ1) is 20.5. The van der Waals surface area contributed by atoms with E-state index < -0.39 is 5.91 Å². The second-order valence-electron chi connectivity index (χ2n) is 5.31. The smallest absolute Gasteiger partial charge is 0.262 e. The maximum Gasteiger partial charge on any atom is 0.262 e. The summed E-state index contributed by atoms with van der Waals surface area (Å²) in [5.74, 6) is 0.359. The van der Waals surface area contributed by atoms with E-state index in [1.165, 1.54) is 0 Å². The molecule has 0 heterocycles. The number of halogens is 2. The second-order valence-corrected chi connectivity index (χ2v) is 7.63. The van der Waals surface area contributed by atoms with Crippen LogP contribution >= 0.6 is 45.2 Å². The Balaban J connectivity index is 2.12. The number of methoxy groups -OCH3 is 1. The third kappa shape index (κ3) is 5.35. The number of ether oxygens (including phenoxy) is 1. The summed E-state index contributed by atoms with van der Waals surface area (Å²) in [6.45, 7) is 0.343. The van der Waals surface area contributed by atoms with Crippen molar-refractivity contribution in [3.05, 3.63) is 60.2 Å². The average molecular weight is 573 g/mol. The molecule has 2 N–H and O–H groups in total. The number of amides is 1. The molecule has 0 aliphatic heterocycles. The zero-order valence-electron chi connectivity index (χ0n) is 14.3. The Kier molecular flexibility index (Phi) is 7.71. The van der Waals surface area contributed by atoms with E-state index in [1.54, 1.807) is 13.2 Å². The number of anilines is 1. The van der Waals surface area contributed by atoms with Crippen molar-refractivity contribution in [2.75, 3.05) is 19.5 Å². The van der Waals surface area contributed by atoms with Gasteiger partial charge in [-0.1, -0.05) is 12.1 Å². The predicted molar refractivity (Wildman–Crippen MR) is 120 cm³/mol. The second kappa shape index (κ2) is 9.78. The van der Waals surface area contributed by atoms with Crippen LogP contribution in [-0.2, 0) is 11.3 Å². The highest BCUT2D eigenvalue weighted by Gasteiger charge is 2.11. The minimum atomic E-state index is -0.397. The maximum atomic E-state index is 12.3. The van der Waals surface area contributed by atoms with Crippen LogP contribution in [0.2, 0.25) is 0 Å². The van der Waals surface area contributed by atoms with Crippen molar-refractivity contribution >= 4 is 62.9 Å². The third-order valence-electron chi connectivity index (χ3n) is 3.60. The molecule has 0 saturated heterocycles. The van der Waals surface area contributed by atoms with Crippen LogP contribution < -0.4 is 15.4 Å². The van der Waals surface area contributed by atoms with Gasteiger partial charge < -0.3 is 15.4 Å². The number of nitrogens with zero attached hydrogens (tertiary/aromatic N) is 1. The fourth-order valence-corrected chi connectivity index (χ4v) is 4.61. The number of carbonyl (C=O) groups is 1. The molecule has 1 amide bonds. The van der Waals surface area contributed by atoms with Crippen molar-refractivity contribution < 1.29 is 9.53 Å². The Morgan fingerprint density at radius 2 is 1.85 bits per heavy atom. The van der Waals surface area contributed by atoms with E-state index in [0.717, 1.165) is 29.7 Å². The predicted octanol–water partition coefficient (Wildman–Crippen LogP) is 4.17. The van der Waals surface area contributed by atoms with Crippen LogP contribution in [0.1, 0.15) is 11.1 Å². The van der Waals surface area contributed by atoms with Gasteiger partial charge >= 0.3 is 0 Å². The Labute approximate surface area is 180 Å². The summed E-state index contributed by atoms with van der Waals surface area (Å²) in [6.07, 6.45) is 1.60. The number of nitriles is 1. The largest absolute Gasteiger partial charge is 0.497 e. The molecule has 0 aliphatic carbocycles. The van der Waals surface area contributed by atoms with Crippen LogP contribution in [0.5, 0.6) is 5.75 Å². The molecule has 0 fully saturated rings. The summed E-state index contributed by atoms with van der Waals surface area (Å²) in [5.41, 5.74) is 2.85. The Bertz CT molecular complexity index is 848. The van der Waals surface area contributed by atoms with E-state index in [2.05, 4.69) is 55.8 Å². The summed E-state index contributed by atoms with van der Waals surface area (Å²) in [5, 5.41) is 15.3. The van der Waals surface area contributed by atoms with E-state index in [1.807, 2.05) is 49.5 Å². The number of nitrogens with one attached hydrogen (secondary N) is 2. The number of carbonyl (C=O) groups excluding carboxylic acids is 1. The Morgan fingerprint density at radius 3 is 2.35 bits per heavy atom. The molecule has 2 aromatic carbocycles. The van der Waals surface area contributed by atoms with Gasteiger partial charge in [-0.15, -0.1) is 0 Å². The lowest BCUT2D eigenvalue weighted by Crippen LogP contribution is -2.23. The Morgan fingerprint density at radius 1 is 1.23 bits per heavy atom. The molecule has 134 valence electrons.